The van der Waals surface area contributed by atoms with Gasteiger partial charge in [0, 0.05) is 24.7 Å². The molecule has 0 bridgehead atoms. The summed E-state index contributed by atoms with van der Waals surface area (Å²) in [7, 11) is -2.95. The number of nitrogens with one attached hydrogen (secondary N) is 1. The molecule has 1 aromatic rings. The lowest BCUT2D eigenvalue weighted by Gasteiger charge is -2.28. The second kappa shape index (κ2) is 5.52. The van der Waals surface area contributed by atoms with Crippen molar-refractivity contribution in [1.29, 1.82) is 0 Å². The molecule has 1 saturated carbocycles. The topological polar surface area (TPSA) is 72.0 Å². The average molecular weight is 334 g/mol. The van der Waals surface area contributed by atoms with Gasteiger partial charge in [0.15, 0.2) is 0 Å². The lowest BCUT2D eigenvalue weighted by molar-refractivity contribution is 0.451. The highest BCUT2D eigenvalue weighted by Crippen LogP contribution is 2.25. The molecule has 2 atom stereocenters. The third-order valence-electron chi connectivity index (χ3n) is 3.19. The van der Waals surface area contributed by atoms with Crippen molar-refractivity contribution < 1.29 is 8.42 Å². The van der Waals surface area contributed by atoms with Crippen molar-refractivity contribution in [3.05, 3.63) is 16.9 Å². The van der Waals surface area contributed by atoms with Gasteiger partial charge in [-0.3, -0.25) is 0 Å². The molecule has 1 aliphatic rings. The molecule has 1 N–H and O–H groups in total. The Morgan fingerprint density at radius 2 is 2.00 bits per heavy atom. The Morgan fingerprint density at radius 3 is 2.61 bits per heavy atom. The van der Waals surface area contributed by atoms with Crippen LogP contribution in [0.4, 0.5) is 5.95 Å². The van der Waals surface area contributed by atoms with Crippen molar-refractivity contribution in [2.24, 2.45) is 0 Å². The largest absolute Gasteiger partial charge is 0.351 e. The first-order chi connectivity index (χ1) is 8.45. The smallest absolute Gasteiger partial charge is 0.222 e. The van der Waals surface area contributed by atoms with Gasteiger partial charge in [0.2, 0.25) is 5.95 Å². The van der Waals surface area contributed by atoms with Crippen molar-refractivity contribution in [1.82, 2.24) is 9.97 Å². The van der Waals surface area contributed by atoms with E-state index in [2.05, 4.69) is 31.2 Å². The van der Waals surface area contributed by atoms with Crippen molar-refractivity contribution in [2.45, 2.75) is 37.0 Å². The molecule has 100 valence electrons. The van der Waals surface area contributed by atoms with E-state index in [1.54, 1.807) is 12.4 Å². The molecule has 0 spiro atoms. The number of halogens is 1. The van der Waals surface area contributed by atoms with Crippen LogP contribution in [-0.2, 0) is 9.84 Å². The Morgan fingerprint density at radius 1 is 1.33 bits per heavy atom. The Kier molecular flexibility index (Phi) is 4.21. The summed E-state index contributed by atoms with van der Waals surface area (Å²) in [4.78, 5) is 8.28. The minimum atomic E-state index is -2.95. The normalized spacial score (nSPS) is 24.8. The quantitative estimate of drug-likeness (QED) is 0.915. The number of sulfone groups is 1. The highest BCUT2D eigenvalue weighted by atomic mass is 79.9. The number of nitrogens with zero attached hydrogens (tertiary/aromatic N) is 2. The fourth-order valence-electron chi connectivity index (χ4n) is 2.23. The van der Waals surface area contributed by atoms with Crippen LogP contribution >= 0.6 is 15.9 Å². The summed E-state index contributed by atoms with van der Waals surface area (Å²) in [6.45, 7) is 0. The summed E-state index contributed by atoms with van der Waals surface area (Å²) in [6.07, 6.45) is 7.95. The van der Waals surface area contributed by atoms with Crippen LogP contribution in [0.5, 0.6) is 0 Å². The zero-order valence-electron chi connectivity index (χ0n) is 10.1. The van der Waals surface area contributed by atoms with E-state index in [0.29, 0.717) is 12.4 Å². The molecule has 18 heavy (non-hydrogen) atoms. The molecular formula is C11H16BrN3O2S. The molecule has 0 radical (unpaired) electrons. The van der Waals surface area contributed by atoms with E-state index in [1.807, 2.05) is 0 Å². The predicted octanol–water partition coefficient (Wildman–Crippen LogP) is 2.01. The fraction of sp³-hybridized carbons (Fsp3) is 0.636. The van der Waals surface area contributed by atoms with Gasteiger partial charge in [-0.1, -0.05) is 6.42 Å². The van der Waals surface area contributed by atoms with Gasteiger partial charge in [-0.05, 0) is 35.2 Å². The maximum atomic E-state index is 11.6. The monoisotopic (exact) mass is 333 g/mol. The summed E-state index contributed by atoms with van der Waals surface area (Å²) in [5, 5.41) is 2.97. The van der Waals surface area contributed by atoms with Gasteiger partial charge in [0.05, 0.1) is 9.72 Å². The number of rotatable bonds is 3. The standard InChI is InChI=1S/C11H16BrN3O2S/c1-18(16,17)10-4-2-3-9(5-10)15-11-13-6-8(12)7-14-11/h6-7,9-10H,2-5H2,1H3,(H,13,14,15)/t9-,10-/m0/s1. The zero-order chi connectivity index (χ0) is 13.2. The van der Waals surface area contributed by atoms with Crippen LogP contribution < -0.4 is 5.32 Å². The Balaban J connectivity index is 2.00. The molecule has 2 rings (SSSR count). The minimum Gasteiger partial charge on any atom is -0.351 e. The molecule has 0 amide bonds. The molecule has 7 heteroatoms. The van der Waals surface area contributed by atoms with Crippen molar-refractivity contribution in [3.63, 3.8) is 0 Å². The summed E-state index contributed by atoms with van der Waals surface area (Å²) < 4.78 is 24.0. The van der Waals surface area contributed by atoms with Gasteiger partial charge in [0.25, 0.3) is 0 Å². The van der Waals surface area contributed by atoms with E-state index in [4.69, 9.17) is 0 Å². The van der Waals surface area contributed by atoms with Crippen LogP contribution in [0.25, 0.3) is 0 Å². The summed E-state index contributed by atoms with van der Waals surface area (Å²) in [5.74, 6) is 0.553. The first kappa shape index (κ1) is 13.7. The van der Waals surface area contributed by atoms with Gasteiger partial charge in [-0.25, -0.2) is 18.4 Å². The first-order valence-electron chi connectivity index (χ1n) is 5.88. The minimum absolute atomic E-state index is 0.139. The number of hydrogen-bond donors (Lipinski definition) is 1. The van der Waals surface area contributed by atoms with Gasteiger partial charge in [-0.15, -0.1) is 0 Å². The van der Waals surface area contributed by atoms with Crippen LogP contribution in [0.15, 0.2) is 16.9 Å². The number of aromatic nitrogens is 2. The molecular weight excluding hydrogens is 318 g/mol. The maximum absolute atomic E-state index is 11.6. The van der Waals surface area contributed by atoms with Crippen molar-refractivity contribution in [2.75, 3.05) is 11.6 Å². The molecule has 0 aliphatic heterocycles. The number of hydrogen-bond acceptors (Lipinski definition) is 5. The zero-order valence-corrected chi connectivity index (χ0v) is 12.5. The average Bonchev–Trinajstić information content (AvgIpc) is 2.31. The molecule has 1 heterocycles. The maximum Gasteiger partial charge on any atom is 0.222 e. The van der Waals surface area contributed by atoms with E-state index in [-0.39, 0.29) is 11.3 Å². The van der Waals surface area contributed by atoms with E-state index in [1.165, 1.54) is 6.26 Å². The SMILES string of the molecule is CS(=O)(=O)[C@H]1CCC[C@H](Nc2ncc(Br)cn2)C1. The van der Waals surface area contributed by atoms with E-state index < -0.39 is 9.84 Å². The van der Waals surface area contributed by atoms with Gasteiger partial charge < -0.3 is 5.32 Å². The molecule has 0 aromatic carbocycles. The highest BCUT2D eigenvalue weighted by Gasteiger charge is 2.29. The van der Waals surface area contributed by atoms with Crippen LogP contribution in [0.1, 0.15) is 25.7 Å². The van der Waals surface area contributed by atoms with Crippen molar-refractivity contribution >= 4 is 31.7 Å². The second-order valence-electron chi connectivity index (χ2n) is 4.68. The van der Waals surface area contributed by atoms with Crippen LogP contribution in [-0.4, -0.2) is 35.9 Å². The molecule has 1 aliphatic carbocycles. The van der Waals surface area contributed by atoms with Crippen molar-refractivity contribution in [3.8, 4) is 0 Å². The molecule has 5 nitrogen and oxygen atoms in total. The molecule has 1 fully saturated rings. The summed E-state index contributed by atoms with van der Waals surface area (Å²) in [6, 6.07) is 0.139. The summed E-state index contributed by atoms with van der Waals surface area (Å²) >= 11 is 3.27. The third kappa shape index (κ3) is 3.65. The van der Waals surface area contributed by atoms with Gasteiger partial charge >= 0.3 is 0 Å². The van der Waals surface area contributed by atoms with Crippen LogP contribution in [0.3, 0.4) is 0 Å². The first-order valence-corrected chi connectivity index (χ1v) is 8.63. The molecule has 1 aromatic heterocycles. The Hall–Kier alpha value is -0.690. The third-order valence-corrected chi connectivity index (χ3v) is 5.23. The van der Waals surface area contributed by atoms with Gasteiger partial charge in [-0.2, -0.15) is 0 Å². The van der Waals surface area contributed by atoms with E-state index in [9.17, 15) is 8.42 Å². The van der Waals surface area contributed by atoms with E-state index >= 15 is 0 Å². The Labute approximate surface area is 115 Å². The lowest BCUT2D eigenvalue weighted by atomic mass is 9.95. The number of anilines is 1. The molecule has 0 unspecified atom stereocenters. The fourth-order valence-corrected chi connectivity index (χ4v) is 3.62. The predicted molar refractivity (Wildman–Crippen MR) is 74.2 cm³/mol. The highest BCUT2D eigenvalue weighted by molar-refractivity contribution is 9.10. The van der Waals surface area contributed by atoms with E-state index in [0.717, 1.165) is 23.7 Å². The molecule has 0 saturated heterocycles. The summed E-state index contributed by atoms with van der Waals surface area (Å²) in [5.41, 5.74) is 0. The van der Waals surface area contributed by atoms with Crippen LogP contribution in [0.2, 0.25) is 0 Å². The van der Waals surface area contributed by atoms with Crippen LogP contribution in [0, 0.1) is 0 Å². The second-order valence-corrected chi connectivity index (χ2v) is 7.93. The van der Waals surface area contributed by atoms with Gasteiger partial charge in [0.1, 0.15) is 9.84 Å². The Bertz CT molecular complexity index is 504. The lowest BCUT2D eigenvalue weighted by Crippen LogP contribution is -2.34.